The number of aromatic nitrogens is 1. The maximum Gasteiger partial charge on any atom is 0.407 e. The zero-order chi connectivity index (χ0) is 19.9. The molecule has 0 bridgehead atoms. The van der Waals surface area contributed by atoms with Gasteiger partial charge in [-0.2, -0.15) is 0 Å². The number of aryl methyl sites for hydroxylation is 1. The monoisotopic (exact) mass is 380 g/mol. The number of fused-ring (bicyclic) bond motifs is 1. The number of nitrogens with one attached hydrogen (secondary N) is 1. The summed E-state index contributed by atoms with van der Waals surface area (Å²) in [6.07, 6.45) is -2.41. The molecule has 3 aromatic rings. The van der Waals surface area contributed by atoms with Crippen molar-refractivity contribution in [3.8, 4) is 0 Å². The highest BCUT2D eigenvalue weighted by molar-refractivity contribution is 5.79. The number of alkyl carbamates (subject to hydrolysis) is 1. The van der Waals surface area contributed by atoms with Gasteiger partial charge >= 0.3 is 6.09 Å². The Morgan fingerprint density at radius 2 is 1.89 bits per heavy atom. The number of rotatable bonds is 7. The lowest BCUT2D eigenvalue weighted by Crippen LogP contribution is -2.29. The van der Waals surface area contributed by atoms with Gasteiger partial charge in [-0.25, -0.2) is 4.79 Å². The van der Waals surface area contributed by atoms with E-state index in [-0.39, 0.29) is 19.6 Å². The van der Waals surface area contributed by atoms with Crippen molar-refractivity contribution < 1.29 is 19.7 Å². The van der Waals surface area contributed by atoms with E-state index < -0.39 is 18.3 Å². The Kier molecular flexibility index (Phi) is 6.57. The second-order valence-corrected chi connectivity index (χ2v) is 6.69. The van der Waals surface area contributed by atoms with Crippen LogP contribution in [0.5, 0.6) is 0 Å². The van der Waals surface area contributed by atoms with Crippen molar-refractivity contribution in [1.82, 2.24) is 10.3 Å². The van der Waals surface area contributed by atoms with Crippen LogP contribution < -0.4 is 5.32 Å². The zero-order valence-electron chi connectivity index (χ0n) is 15.7. The van der Waals surface area contributed by atoms with Gasteiger partial charge in [0.25, 0.3) is 0 Å². The van der Waals surface area contributed by atoms with Crippen LogP contribution in [-0.2, 0) is 11.3 Å². The van der Waals surface area contributed by atoms with E-state index in [9.17, 15) is 15.0 Å². The number of aliphatic hydroxyl groups is 2. The molecule has 0 aliphatic heterocycles. The summed E-state index contributed by atoms with van der Waals surface area (Å²) in [7, 11) is 0. The van der Waals surface area contributed by atoms with Crippen LogP contribution >= 0.6 is 0 Å². The lowest BCUT2D eigenvalue weighted by molar-refractivity contribution is 0.0137. The average Bonchev–Trinajstić information content (AvgIpc) is 2.72. The van der Waals surface area contributed by atoms with Crippen LogP contribution in [0.2, 0.25) is 0 Å². The van der Waals surface area contributed by atoms with E-state index >= 15 is 0 Å². The maximum atomic E-state index is 11.7. The summed E-state index contributed by atoms with van der Waals surface area (Å²) in [5.74, 6) is 0. The summed E-state index contributed by atoms with van der Waals surface area (Å²) in [5.41, 5.74) is 3.27. The number of carbonyl (C=O) groups excluding carboxylic acids is 1. The molecule has 0 spiro atoms. The predicted octanol–water partition coefficient (Wildman–Crippen LogP) is 3.25. The van der Waals surface area contributed by atoms with E-state index in [4.69, 9.17) is 4.74 Å². The molecule has 28 heavy (non-hydrogen) atoms. The first-order valence-electron chi connectivity index (χ1n) is 9.21. The van der Waals surface area contributed by atoms with Crippen molar-refractivity contribution in [2.45, 2.75) is 32.2 Å². The number of pyridine rings is 1. The first kappa shape index (κ1) is 19.8. The summed E-state index contributed by atoms with van der Waals surface area (Å²) in [5, 5.41) is 24.1. The number of hydrogen-bond donors (Lipinski definition) is 3. The molecule has 6 heteroatoms. The smallest absolute Gasteiger partial charge is 0.407 e. The fourth-order valence-corrected chi connectivity index (χ4v) is 2.91. The van der Waals surface area contributed by atoms with Crippen molar-refractivity contribution in [3.05, 3.63) is 77.5 Å². The highest BCUT2D eigenvalue weighted by Crippen LogP contribution is 2.23. The van der Waals surface area contributed by atoms with Gasteiger partial charge in [0.05, 0.1) is 11.6 Å². The summed E-state index contributed by atoms with van der Waals surface area (Å²) in [6, 6.07) is 18.6. The van der Waals surface area contributed by atoms with Crippen LogP contribution in [-0.4, -0.2) is 33.9 Å². The largest absolute Gasteiger partial charge is 0.445 e. The predicted molar refractivity (Wildman–Crippen MR) is 107 cm³/mol. The molecule has 0 aliphatic carbocycles. The highest BCUT2D eigenvalue weighted by Gasteiger charge is 2.19. The minimum Gasteiger partial charge on any atom is -0.445 e. The van der Waals surface area contributed by atoms with E-state index in [0.29, 0.717) is 5.56 Å². The average molecular weight is 380 g/mol. The molecule has 0 fully saturated rings. The van der Waals surface area contributed by atoms with Gasteiger partial charge in [-0.3, -0.25) is 4.98 Å². The number of carbonyl (C=O) groups is 1. The maximum absolute atomic E-state index is 11.7. The fraction of sp³-hybridized carbons (Fsp3) is 0.273. The topological polar surface area (TPSA) is 91.7 Å². The Labute approximate surface area is 163 Å². The van der Waals surface area contributed by atoms with Gasteiger partial charge in [0, 0.05) is 17.6 Å². The van der Waals surface area contributed by atoms with Crippen LogP contribution in [0.25, 0.3) is 10.9 Å². The molecule has 0 radical (unpaired) electrons. The SMILES string of the molecule is Cc1ccc2cc(C(O)C(O)CCNC(=O)OCc3ccccc3)ccc2n1. The quantitative estimate of drug-likeness (QED) is 0.585. The van der Waals surface area contributed by atoms with Crippen LogP contribution in [0, 0.1) is 6.92 Å². The molecule has 3 rings (SSSR count). The van der Waals surface area contributed by atoms with Gasteiger partial charge in [0.15, 0.2) is 0 Å². The Balaban J connectivity index is 1.47. The van der Waals surface area contributed by atoms with Gasteiger partial charge in [-0.1, -0.05) is 42.5 Å². The number of hydrogen-bond acceptors (Lipinski definition) is 5. The molecule has 0 saturated heterocycles. The fourth-order valence-electron chi connectivity index (χ4n) is 2.91. The van der Waals surface area contributed by atoms with Crippen LogP contribution in [0.3, 0.4) is 0 Å². The van der Waals surface area contributed by atoms with Gasteiger partial charge in [0.1, 0.15) is 12.7 Å². The summed E-state index contributed by atoms with van der Waals surface area (Å²) < 4.78 is 5.11. The van der Waals surface area contributed by atoms with E-state index in [1.54, 1.807) is 6.07 Å². The molecule has 2 unspecified atom stereocenters. The summed E-state index contributed by atoms with van der Waals surface area (Å²) >= 11 is 0. The lowest BCUT2D eigenvalue weighted by atomic mass is 10.00. The molecular weight excluding hydrogens is 356 g/mol. The van der Waals surface area contributed by atoms with E-state index in [1.165, 1.54) is 0 Å². The van der Waals surface area contributed by atoms with Gasteiger partial charge in [-0.15, -0.1) is 0 Å². The van der Waals surface area contributed by atoms with Crippen molar-refractivity contribution in [2.75, 3.05) is 6.54 Å². The molecule has 2 atom stereocenters. The van der Waals surface area contributed by atoms with Crippen molar-refractivity contribution in [1.29, 1.82) is 0 Å². The molecule has 1 heterocycles. The minimum atomic E-state index is -1.05. The number of nitrogens with zero attached hydrogens (tertiary/aromatic N) is 1. The zero-order valence-corrected chi connectivity index (χ0v) is 15.7. The van der Waals surface area contributed by atoms with Crippen LogP contribution in [0.4, 0.5) is 4.79 Å². The molecule has 0 saturated carbocycles. The van der Waals surface area contributed by atoms with Gasteiger partial charge < -0.3 is 20.3 Å². The van der Waals surface area contributed by atoms with Crippen LogP contribution in [0.1, 0.15) is 29.3 Å². The molecular formula is C22H24N2O4. The van der Waals surface area contributed by atoms with Gasteiger partial charge in [-0.05, 0) is 42.7 Å². The molecule has 1 amide bonds. The normalized spacial score (nSPS) is 13.1. The van der Waals surface area contributed by atoms with E-state index in [2.05, 4.69) is 10.3 Å². The molecule has 1 aromatic heterocycles. The summed E-state index contributed by atoms with van der Waals surface area (Å²) in [6.45, 7) is 2.30. The Morgan fingerprint density at radius 1 is 1.11 bits per heavy atom. The van der Waals surface area contributed by atoms with Crippen LogP contribution in [0.15, 0.2) is 60.7 Å². The lowest BCUT2D eigenvalue weighted by Gasteiger charge is -2.19. The number of ether oxygens (including phenoxy) is 1. The minimum absolute atomic E-state index is 0.183. The first-order chi connectivity index (χ1) is 13.5. The Bertz CT molecular complexity index is 930. The number of aliphatic hydroxyl groups excluding tert-OH is 2. The molecule has 3 N–H and O–H groups in total. The third-order valence-electron chi connectivity index (χ3n) is 4.48. The van der Waals surface area contributed by atoms with Gasteiger partial charge in [0.2, 0.25) is 0 Å². The third-order valence-corrected chi connectivity index (χ3v) is 4.48. The van der Waals surface area contributed by atoms with E-state index in [0.717, 1.165) is 22.2 Å². The van der Waals surface area contributed by atoms with Crippen molar-refractivity contribution >= 4 is 17.0 Å². The van der Waals surface area contributed by atoms with Crippen molar-refractivity contribution in [2.24, 2.45) is 0 Å². The number of amides is 1. The molecule has 0 aliphatic rings. The number of benzene rings is 2. The first-order valence-corrected chi connectivity index (χ1v) is 9.21. The second kappa shape index (κ2) is 9.30. The molecule has 6 nitrogen and oxygen atoms in total. The highest BCUT2D eigenvalue weighted by atomic mass is 16.5. The third kappa shape index (κ3) is 5.28. The second-order valence-electron chi connectivity index (χ2n) is 6.69. The Hall–Kier alpha value is -2.96. The van der Waals surface area contributed by atoms with E-state index in [1.807, 2.05) is 61.5 Å². The summed E-state index contributed by atoms with van der Waals surface area (Å²) in [4.78, 5) is 16.2. The standard InChI is InChI=1S/C22H24N2O4/c1-15-7-8-17-13-18(9-10-19(17)24-15)21(26)20(25)11-12-23-22(27)28-14-16-5-3-2-4-6-16/h2-10,13,20-21,25-26H,11-12,14H2,1H3,(H,23,27). The van der Waals surface area contributed by atoms with Crippen molar-refractivity contribution in [3.63, 3.8) is 0 Å². The Morgan fingerprint density at radius 3 is 2.68 bits per heavy atom. The molecule has 146 valence electrons. The molecule has 2 aromatic carbocycles.